The normalized spacial score (nSPS) is 22.1. The Kier molecular flexibility index (Phi) is 8.29. The highest BCUT2D eigenvalue weighted by atomic mass is 16.8. The summed E-state index contributed by atoms with van der Waals surface area (Å²) in [6.45, 7) is 0. The molecule has 16 heteroatoms. The number of hydrogen-bond donors (Lipinski definition) is 9. The van der Waals surface area contributed by atoms with Gasteiger partial charge in [0.15, 0.2) is 5.84 Å². The summed E-state index contributed by atoms with van der Waals surface area (Å²) < 4.78 is 10.0. The summed E-state index contributed by atoms with van der Waals surface area (Å²) in [5.41, 5.74) is -4.42. The molecule has 0 saturated carbocycles. The molecule has 0 aliphatic carbocycles. The van der Waals surface area contributed by atoms with Gasteiger partial charge in [0.2, 0.25) is 6.41 Å². The fourth-order valence-corrected chi connectivity index (χ4v) is 2.42. The van der Waals surface area contributed by atoms with Crippen LogP contribution in [0.15, 0.2) is 17.4 Å². The molecule has 0 spiro atoms. The van der Waals surface area contributed by atoms with Gasteiger partial charge >= 0.3 is 23.5 Å². The van der Waals surface area contributed by atoms with E-state index in [1.165, 1.54) is 17.2 Å². The maximum absolute atomic E-state index is 12.0. The molecule has 1 aliphatic rings. The number of aliphatic hydroxyl groups is 7. The van der Waals surface area contributed by atoms with E-state index in [1.54, 1.807) is 7.05 Å². The summed E-state index contributed by atoms with van der Waals surface area (Å²) in [6.07, 6.45) is 1.72. The lowest BCUT2D eigenvalue weighted by Crippen LogP contribution is -2.73. The standard InChI is InChI=1S/C14H22BN3O12/c1-18(5-4-8(17-28)16-6-19)9-3-2-7(29-9)10(15)30-11(20)12(21,13(22,23)24)14(25,26)27/h4-7,9-10,21-28H,2-3H2,1H3,(H,16,17,19)/b5-4-. The van der Waals surface area contributed by atoms with Crippen LogP contribution < -0.4 is 5.32 Å². The number of ether oxygens (including phenoxy) is 2. The number of amides is 1. The minimum atomic E-state index is -4.52. The fraction of sp³-hybridized carbons (Fsp3) is 0.643. The molecule has 15 nitrogen and oxygen atoms in total. The van der Waals surface area contributed by atoms with Crippen molar-refractivity contribution in [1.82, 2.24) is 10.2 Å². The molecule has 168 valence electrons. The zero-order valence-corrected chi connectivity index (χ0v) is 15.6. The van der Waals surface area contributed by atoms with Gasteiger partial charge in [-0.2, -0.15) is 0 Å². The van der Waals surface area contributed by atoms with Crippen LogP contribution in [0.1, 0.15) is 12.8 Å². The summed E-state index contributed by atoms with van der Waals surface area (Å²) >= 11 is 0. The molecule has 1 saturated heterocycles. The van der Waals surface area contributed by atoms with E-state index in [0.29, 0.717) is 6.42 Å². The lowest BCUT2D eigenvalue weighted by Gasteiger charge is -2.38. The van der Waals surface area contributed by atoms with Crippen molar-refractivity contribution in [2.75, 3.05) is 7.05 Å². The molecule has 3 unspecified atom stereocenters. The molecular weight excluding hydrogens is 413 g/mol. The van der Waals surface area contributed by atoms with Crippen LogP contribution in [-0.4, -0.2) is 115 Å². The highest BCUT2D eigenvalue weighted by molar-refractivity contribution is 6.12. The Hall–Kier alpha value is -2.31. The predicted octanol–water partition coefficient (Wildman–Crippen LogP) is -5.50. The molecule has 1 amide bonds. The van der Waals surface area contributed by atoms with Crippen molar-refractivity contribution in [2.24, 2.45) is 5.16 Å². The average Bonchev–Trinajstić information content (AvgIpc) is 3.12. The molecule has 2 radical (unpaired) electrons. The quantitative estimate of drug-likeness (QED) is 0.0240. The molecular formula is C14H22BN3O12. The smallest absolute Gasteiger partial charge is 0.355 e. The second-order valence-electron chi connectivity index (χ2n) is 6.29. The number of carbonyl (C=O) groups is 2. The Labute approximate surface area is 170 Å². The molecule has 0 aromatic rings. The SMILES string of the molecule is [B]C(OC(=O)C(O)(C(O)(O)O)C(O)(O)O)C1CCC(N(C)/C=C\C(=NO)NC=O)O1. The molecule has 1 rings (SSSR count). The number of nitrogens with one attached hydrogen (secondary N) is 1. The van der Waals surface area contributed by atoms with E-state index in [0.717, 1.165) is 0 Å². The summed E-state index contributed by atoms with van der Waals surface area (Å²) in [5, 5.41) is 77.6. The van der Waals surface area contributed by atoms with Crippen molar-refractivity contribution in [1.29, 1.82) is 0 Å². The van der Waals surface area contributed by atoms with Crippen LogP contribution in [0.4, 0.5) is 0 Å². The van der Waals surface area contributed by atoms with Crippen molar-refractivity contribution >= 4 is 26.1 Å². The first kappa shape index (κ1) is 25.7. The second-order valence-corrected chi connectivity index (χ2v) is 6.29. The molecule has 0 aromatic heterocycles. The zero-order valence-electron chi connectivity index (χ0n) is 15.6. The van der Waals surface area contributed by atoms with Gasteiger partial charge in [0.1, 0.15) is 14.1 Å². The van der Waals surface area contributed by atoms with E-state index < -0.39 is 41.9 Å². The number of carbonyl (C=O) groups excluding carboxylic acids is 2. The molecule has 3 atom stereocenters. The van der Waals surface area contributed by atoms with E-state index in [-0.39, 0.29) is 18.7 Å². The number of oxime groups is 1. The van der Waals surface area contributed by atoms with Gasteiger partial charge in [0.25, 0.3) is 0 Å². The van der Waals surface area contributed by atoms with Gasteiger partial charge < -0.3 is 60.6 Å². The van der Waals surface area contributed by atoms with Gasteiger partial charge in [-0.3, -0.25) is 4.79 Å². The third kappa shape index (κ3) is 5.64. The van der Waals surface area contributed by atoms with Crippen LogP contribution in [0.5, 0.6) is 0 Å². The van der Waals surface area contributed by atoms with E-state index in [1.807, 2.05) is 0 Å². The van der Waals surface area contributed by atoms with Gasteiger partial charge in [0.05, 0.1) is 12.1 Å². The largest absolute Gasteiger partial charge is 0.468 e. The summed E-state index contributed by atoms with van der Waals surface area (Å²) in [4.78, 5) is 23.8. The van der Waals surface area contributed by atoms with E-state index in [4.69, 9.17) is 48.4 Å². The predicted molar refractivity (Wildman–Crippen MR) is 92.6 cm³/mol. The van der Waals surface area contributed by atoms with Gasteiger partial charge in [0, 0.05) is 19.3 Å². The maximum Gasteiger partial charge on any atom is 0.355 e. The van der Waals surface area contributed by atoms with Gasteiger partial charge in [-0.25, -0.2) is 4.79 Å². The molecule has 9 N–H and O–H groups in total. The van der Waals surface area contributed by atoms with Gasteiger partial charge in [-0.05, 0) is 12.8 Å². The Balaban J connectivity index is 2.79. The minimum absolute atomic E-state index is 0.169. The zero-order chi connectivity index (χ0) is 23.3. The van der Waals surface area contributed by atoms with E-state index in [9.17, 15) is 14.7 Å². The lowest BCUT2D eigenvalue weighted by atomic mass is 9.91. The van der Waals surface area contributed by atoms with E-state index >= 15 is 0 Å². The third-order valence-electron chi connectivity index (χ3n) is 4.14. The second kappa shape index (κ2) is 9.67. The minimum Gasteiger partial charge on any atom is -0.468 e. The van der Waals surface area contributed by atoms with Gasteiger partial charge in [-0.15, -0.1) is 0 Å². The first-order valence-electron chi connectivity index (χ1n) is 8.20. The van der Waals surface area contributed by atoms with Gasteiger partial charge in [-0.1, -0.05) is 5.16 Å². The maximum atomic E-state index is 12.0. The first-order valence-corrected chi connectivity index (χ1v) is 8.20. The molecule has 30 heavy (non-hydrogen) atoms. The number of nitrogens with zero attached hydrogens (tertiary/aromatic N) is 2. The summed E-state index contributed by atoms with van der Waals surface area (Å²) in [7, 11) is 7.15. The van der Waals surface area contributed by atoms with Crippen LogP contribution in [-0.2, 0) is 19.1 Å². The number of esters is 1. The molecule has 0 bridgehead atoms. The third-order valence-corrected chi connectivity index (χ3v) is 4.14. The first-order chi connectivity index (χ1) is 13.7. The molecule has 0 aromatic carbocycles. The Morgan fingerprint density at radius 1 is 1.23 bits per heavy atom. The topological polar surface area (TPSA) is 242 Å². The number of hydrogen-bond acceptors (Lipinski definition) is 14. The molecule has 1 aliphatic heterocycles. The Morgan fingerprint density at radius 2 is 1.80 bits per heavy atom. The molecule has 1 fully saturated rings. The summed E-state index contributed by atoms with van der Waals surface area (Å²) in [5.74, 6) is -11.5. The highest BCUT2D eigenvalue weighted by Gasteiger charge is 2.69. The van der Waals surface area contributed by atoms with Crippen molar-refractivity contribution in [3.05, 3.63) is 12.3 Å². The Morgan fingerprint density at radius 3 is 2.27 bits per heavy atom. The van der Waals surface area contributed by atoms with Crippen LogP contribution in [0.25, 0.3) is 0 Å². The van der Waals surface area contributed by atoms with Crippen molar-refractivity contribution < 1.29 is 60.0 Å². The lowest BCUT2D eigenvalue weighted by molar-refractivity contribution is -0.481. The summed E-state index contributed by atoms with van der Waals surface area (Å²) in [6, 6.07) is -1.71. The fourth-order valence-electron chi connectivity index (χ4n) is 2.42. The van der Waals surface area contributed by atoms with Crippen LogP contribution >= 0.6 is 0 Å². The van der Waals surface area contributed by atoms with Crippen LogP contribution in [0.2, 0.25) is 0 Å². The van der Waals surface area contributed by atoms with Crippen LogP contribution in [0.3, 0.4) is 0 Å². The van der Waals surface area contributed by atoms with Crippen molar-refractivity contribution in [3.8, 4) is 0 Å². The molecule has 1 heterocycles. The van der Waals surface area contributed by atoms with Crippen molar-refractivity contribution in [3.63, 3.8) is 0 Å². The van der Waals surface area contributed by atoms with Crippen molar-refractivity contribution in [2.45, 2.75) is 48.7 Å². The monoisotopic (exact) mass is 435 g/mol. The average molecular weight is 435 g/mol. The highest BCUT2D eigenvalue weighted by Crippen LogP contribution is 2.31. The Bertz CT molecular complexity index is 660. The number of amidine groups is 1. The number of rotatable bonds is 9. The van der Waals surface area contributed by atoms with E-state index in [2.05, 4.69) is 15.2 Å². The van der Waals surface area contributed by atoms with Crippen LogP contribution in [0, 0.1) is 0 Å².